The molecule has 4 heteroatoms. The second-order valence-electron chi connectivity index (χ2n) is 4.18. The number of aliphatic carboxylic acids is 1. The van der Waals surface area contributed by atoms with Crippen molar-refractivity contribution in [3.05, 3.63) is 34.4 Å². The van der Waals surface area contributed by atoms with Crippen LogP contribution in [0.15, 0.2) is 12.1 Å². The molecular weight excluding hydrogens is 204 g/mol. The highest BCUT2D eigenvalue weighted by Gasteiger charge is 2.23. The van der Waals surface area contributed by atoms with E-state index in [9.17, 15) is 4.79 Å². The number of carboxylic acid groups (broad SMARTS) is 1. The predicted molar refractivity (Wildman–Crippen MR) is 63.2 cm³/mol. The van der Waals surface area contributed by atoms with Crippen molar-refractivity contribution < 1.29 is 9.90 Å². The van der Waals surface area contributed by atoms with Gasteiger partial charge in [0, 0.05) is 0 Å². The second-order valence-corrected chi connectivity index (χ2v) is 4.18. The van der Waals surface area contributed by atoms with Crippen molar-refractivity contribution in [3.63, 3.8) is 0 Å². The van der Waals surface area contributed by atoms with Crippen LogP contribution >= 0.6 is 0 Å². The minimum atomic E-state index is -1.08. The van der Waals surface area contributed by atoms with Crippen LogP contribution in [-0.2, 0) is 4.79 Å². The van der Waals surface area contributed by atoms with Crippen LogP contribution in [0.1, 0.15) is 28.3 Å². The van der Waals surface area contributed by atoms with Gasteiger partial charge >= 0.3 is 5.97 Å². The lowest BCUT2D eigenvalue weighted by molar-refractivity contribution is -0.139. The number of benzene rings is 1. The van der Waals surface area contributed by atoms with Gasteiger partial charge in [-0.25, -0.2) is 0 Å². The molecule has 16 heavy (non-hydrogen) atoms. The van der Waals surface area contributed by atoms with E-state index in [0.29, 0.717) is 0 Å². The molecule has 88 valence electrons. The molecule has 0 aliphatic carbocycles. The third-order valence-electron chi connectivity index (χ3n) is 2.91. The zero-order chi connectivity index (χ0) is 12.5. The molecule has 0 aliphatic heterocycles. The summed E-state index contributed by atoms with van der Waals surface area (Å²) in [6, 6.07) is 2.18. The minimum Gasteiger partial charge on any atom is -0.480 e. The monoisotopic (exact) mass is 222 g/mol. The highest BCUT2D eigenvalue weighted by molar-refractivity contribution is 5.74. The Balaban J connectivity index is 3.13. The summed E-state index contributed by atoms with van der Waals surface area (Å²) in [5.74, 6) is -1.08. The molecule has 2 atom stereocenters. The molecule has 0 aliphatic rings. The van der Waals surface area contributed by atoms with E-state index in [-0.39, 0.29) is 0 Å². The summed E-state index contributed by atoms with van der Waals surface area (Å²) < 4.78 is 0. The van der Waals surface area contributed by atoms with Gasteiger partial charge in [-0.15, -0.1) is 0 Å². The van der Waals surface area contributed by atoms with Crippen LogP contribution < -0.4 is 11.5 Å². The molecule has 0 saturated carbocycles. The molecule has 0 aromatic heterocycles. The summed E-state index contributed by atoms with van der Waals surface area (Å²) in [6.45, 7) is 5.89. The molecule has 1 aromatic carbocycles. The van der Waals surface area contributed by atoms with Gasteiger partial charge in [-0.1, -0.05) is 12.1 Å². The number of nitrogens with two attached hydrogens (primary N) is 2. The van der Waals surface area contributed by atoms with Gasteiger partial charge in [-0.05, 0) is 43.0 Å². The first kappa shape index (κ1) is 12.7. The van der Waals surface area contributed by atoms with Crippen LogP contribution in [0.25, 0.3) is 0 Å². The maximum Gasteiger partial charge on any atom is 0.322 e. The fourth-order valence-corrected chi connectivity index (χ4v) is 1.69. The van der Waals surface area contributed by atoms with Crippen LogP contribution in [0.4, 0.5) is 0 Å². The Bertz CT molecular complexity index is 416. The van der Waals surface area contributed by atoms with Gasteiger partial charge < -0.3 is 16.6 Å². The second kappa shape index (κ2) is 4.63. The van der Waals surface area contributed by atoms with E-state index in [4.69, 9.17) is 16.6 Å². The Morgan fingerprint density at radius 3 is 2.12 bits per heavy atom. The van der Waals surface area contributed by atoms with E-state index in [1.807, 2.05) is 32.9 Å². The van der Waals surface area contributed by atoms with E-state index in [2.05, 4.69) is 0 Å². The first-order chi connectivity index (χ1) is 7.34. The summed E-state index contributed by atoms with van der Waals surface area (Å²) in [4.78, 5) is 10.8. The Morgan fingerprint density at radius 1 is 1.12 bits per heavy atom. The molecule has 0 bridgehead atoms. The number of hydrogen-bond acceptors (Lipinski definition) is 3. The molecule has 4 nitrogen and oxygen atoms in total. The average Bonchev–Trinajstić information content (AvgIpc) is 2.21. The minimum absolute atomic E-state index is 0.670. The van der Waals surface area contributed by atoms with Gasteiger partial charge in [0.25, 0.3) is 0 Å². The molecule has 1 aromatic rings. The number of carbonyl (C=O) groups is 1. The van der Waals surface area contributed by atoms with Gasteiger partial charge in [-0.2, -0.15) is 0 Å². The summed E-state index contributed by atoms with van der Waals surface area (Å²) >= 11 is 0. The normalized spacial score (nSPS) is 14.6. The van der Waals surface area contributed by atoms with Gasteiger partial charge in [0.2, 0.25) is 0 Å². The van der Waals surface area contributed by atoms with Crippen molar-refractivity contribution in [3.8, 4) is 0 Å². The van der Waals surface area contributed by atoms with Crippen LogP contribution in [0, 0.1) is 20.8 Å². The lowest BCUT2D eigenvalue weighted by Crippen LogP contribution is -2.41. The molecule has 5 N–H and O–H groups in total. The standard InChI is InChI=1S/C12H18N2O2/c1-6-4-8(3)9(5-7(6)2)10(13)11(14)12(15)16/h4-5,10-11H,13-14H2,1-3H3,(H,15,16). The van der Waals surface area contributed by atoms with Crippen molar-refractivity contribution in [2.45, 2.75) is 32.9 Å². The maximum absolute atomic E-state index is 10.8. The number of aryl methyl sites for hydroxylation is 3. The van der Waals surface area contributed by atoms with E-state index in [1.54, 1.807) is 0 Å². The third-order valence-corrected chi connectivity index (χ3v) is 2.91. The Morgan fingerprint density at radius 2 is 1.62 bits per heavy atom. The Hall–Kier alpha value is -1.39. The quantitative estimate of drug-likeness (QED) is 0.712. The molecule has 1 rings (SSSR count). The van der Waals surface area contributed by atoms with E-state index in [0.717, 1.165) is 22.3 Å². The highest BCUT2D eigenvalue weighted by Crippen LogP contribution is 2.22. The summed E-state index contributed by atoms with van der Waals surface area (Å²) in [5, 5.41) is 8.82. The first-order valence-corrected chi connectivity index (χ1v) is 5.16. The van der Waals surface area contributed by atoms with Crippen molar-refractivity contribution in [1.29, 1.82) is 0 Å². The van der Waals surface area contributed by atoms with Gasteiger partial charge in [0.1, 0.15) is 6.04 Å². The third kappa shape index (κ3) is 2.40. The molecule has 0 saturated heterocycles. The molecule has 0 radical (unpaired) electrons. The van der Waals surface area contributed by atoms with Gasteiger partial charge in [0.05, 0.1) is 6.04 Å². The molecule has 0 fully saturated rings. The smallest absolute Gasteiger partial charge is 0.322 e. The predicted octanol–water partition coefficient (Wildman–Crippen LogP) is 1.02. The van der Waals surface area contributed by atoms with Crippen LogP contribution in [0.2, 0.25) is 0 Å². The van der Waals surface area contributed by atoms with E-state index >= 15 is 0 Å². The van der Waals surface area contributed by atoms with Crippen LogP contribution in [-0.4, -0.2) is 17.1 Å². The number of rotatable bonds is 3. The van der Waals surface area contributed by atoms with Crippen LogP contribution in [0.3, 0.4) is 0 Å². The van der Waals surface area contributed by atoms with Crippen molar-refractivity contribution in [1.82, 2.24) is 0 Å². The number of carboxylic acids is 1. The summed E-state index contributed by atoms with van der Waals surface area (Å²) in [7, 11) is 0. The van der Waals surface area contributed by atoms with Crippen LogP contribution in [0.5, 0.6) is 0 Å². The maximum atomic E-state index is 10.8. The average molecular weight is 222 g/mol. The lowest BCUT2D eigenvalue weighted by Gasteiger charge is -2.20. The van der Waals surface area contributed by atoms with Crippen molar-refractivity contribution in [2.75, 3.05) is 0 Å². The Kier molecular flexibility index (Phi) is 3.67. The topological polar surface area (TPSA) is 89.3 Å². The largest absolute Gasteiger partial charge is 0.480 e. The summed E-state index contributed by atoms with van der Waals surface area (Å²) in [5.41, 5.74) is 15.4. The zero-order valence-corrected chi connectivity index (χ0v) is 9.82. The fourth-order valence-electron chi connectivity index (χ4n) is 1.69. The van der Waals surface area contributed by atoms with Crippen molar-refractivity contribution >= 4 is 5.97 Å². The van der Waals surface area contributed by atoms with Gasteiger partial charge in [-0.3, -0.25) is 4.79 Å². The Labute approximate surface area is 95.3 Å². The van der Waals surface area contributed by atoms with E-state index in [1.165, 1.54) is 0 Å². The molecule has 0 spiro atoms. The lowest BCUT2D eigenvalue weighted by atomic mass is 9.93. The number of hydrogen-bond donors (Lipinski definition) is 3. The SMILES string of the molecule is Cc1cc(C)c(C(N)C(N)C(=O)O)cc1C. The molecular formula is C12H18N2O2. The molecule has 0 amide bonds. The molecule has 2 unspecified atom stereocenters. The first-order valence-electron chi connectivity index (χ1n) is 5.16. The van der Waals surface area contributed by atoms with Gasteiger partial charge in [0.15, 0.2) is 0 Å². The van der Waals surface area contributed by atoms with E-state index < -0.39 is 18.1 Å². The highest BCUT2D eigenvalue weighted by atomic mass is 16.4. The summed E-state index contributed by atoms with van der Waals surface area (Å²) in [6.07, 6.45) is 0. The fraction of sp³-hybridized carbons (Fsp3) is 0.417. The molecule has 0 heterocycles. The zero-order valence-electron chi connectivity index (χ0n) is 9.82. The van der Waals surface area contributed by atoms with Crippen molar-refractivity contribution in [2.24, 2.45) is 11.5 Å².